The van der Waals surface area contributed by atoms with Crippen LogP contribution in [0.1, 0.15) is 27.2 Å². The fraction of sp³-hybridized carbons (Fsp3) is 0.222. The third-order valence-electron chi connectivity index (χ3n) is 7.16. The molecule has 0 saturated carbocycles. The number of anilines is 1. The first kappa shape index (κ1) is 28.1. The molecule has 1 amide bonds. The van der Waals surface area contributed by atoms with Crippen LogP contribution in [0, 0.1) is 5.82 Å². The summed E-state index contributed by atoms with van der Waals surface area (Å²) in [7, 11) is 0. The Morgan fingerprint density at radius 3 is 2.62 bits per heavy atom. The number of aromatic nitrogens is 2. The predicted octanol–water partition coefficient (Wildman–Crippen LogP) is 4.05. The highest BCUT2D eigenvalue weighted by Crippen LogP contribution is 2.30. The number of carbonyl (C=O) groups is 1. The van der Waals surface area contributed by atoms with Crippen LogP contribution in [-0.2, 0) is 12.6 Å². The van der Waals surface area contributed by atoms with Crippen molar-refractivity contribution in [2.45, 2.75) is 18.8 Å². The Morgan fingerprint density at radius 2 is 1.88 bits per heavy atom. The van der Waals surface area contributed by atoms with Gasteiger partial charge >= 0.3 is 12.1 Å². The average Bonchev–Trinajstić information content (AvgIpc) is 3.48. The molecular weight excluding hydrogens is 601 g/mol. The molecule has 1 saturated heterocycles. The van der Waals surface area contributed by atoms with E-state index < -0.39 is 29.6 Å². The highest BCUT2D eigenvalue weighted by molar-refractivity contribution is 6.42. The number of hydrogen-bond donors (Lipinski definition) is 4. The molecule has 0 aliphatic carbocycles. The van der Waals surface area contributed by atoms with Gasteiger partial charge in [0.15, 0.2) is 6.17 Å². The van der Waals surface area contributed by atoms with E-state index in [0.717, 1.165) is 12.1 Å². The number of hydrazine groups is 1. The molecule has 2 aromatic carbocycles. The minimum atomic E-state index is -4.46. The van der Waals surface area contributed by atoms with Gasteiger partial charge in [-0.15, -0.1) is 0 Å². The summed E-state index contributed by atoms with van der Waals surface area (Å²) >= 11 is 12.5. The van der Waals surface area contributed by atoms with Gasteiger partial charge < -0.3 is 10.3 Å². The van der Waals surface area contributed by atoms with Gasteiger partial charge in [-0.05, 0) is 48.0 Å². The van der Waals surface area contributed by atoms with Crippen molar-refractivity contribution in [2.24, 2.45) is 0 Å². The summed E-state index contributed by atoms with van der Waals surface area (Å²) in [5, 5.41) is 7.87. The molecule has 15 heteroatoms. The monoisotopic (exact) mass is 622 g/mol. The van der Waals surface area contributed by atoms with Crippen molar-refractivity contribution in [3.05, 3.63) is 103 Å². The first-order valence-electron chi connectivity index (χ1n) is 12.8. The zero-order valence-corrected chi connectivity index (χ0v) is 23.0. The van der Waals surface area contributed by atoms with Crippen molar-refractivity contribution in [2.75, 3.05) is 25.0 Å². The number of fused-ring (bicyclic) bond motifs is 2. The van der Waals surface area contributed by atoms with Crippen molar-refractivity contribution in [1.82, 2.24) is 25.1 Å². The standard InChI is InChI=1S/C27H21Cl2F4N7O2/c28-19-11-21-24(41)35-12-17(39(21)23(19)29)9-14-1-6-20(30)18(10-14)25(42)40-22-13-34-7-8-38(22)26(37-40)36-16-4-2-15(3-5-16)27(31,32)33/h1-6,10-12,22,34H,7-9,13H2,(H2,35,36,37,41)/p+1. The van der Waals surface area contributed by atoms with E-state index in [4.69, 9.17) is 23.2 Å². The number of aromatic amines is 1. The number of benzene rings is 2. The van der Waals surface area contributed by atoms with Crippen molar-refractivity contribution < 1.29 is 26.9 Å². The summed E-state index contributed by atoms with van der Waals surface area (Å²) in [4.78, 5) is 28.6. The molecule has 4 heterocycles. The maximum atomic E-state index is 15.1. The van der Waals surface area contributed by atoms with Crippen molar-refractivity contribution >= 4 is 46.3 Å². The van der Waals surface area contributed by atoms with Gasteiger partial charge in [0.25, 0.3) is 11.5 Å². The lowest BCUT2D eigenvalue weighted by atomic mass is 10.0. The second-order valence-electron chi connectivity index (χ2n) is 9.82. The average molecular weight is 623 g/mol. The van der Waals surface area contributed by atoms with E-state index in [9.17, 15) is 22.8 Å². The lowest BCUT2D eigenvalue weighted by Gasteiger charge is -2.26. The smallest absolute Gasteiger partial charge is 0.326 e. The third-order valence-corrected chi connectivity index (χ3v) is 7.91. The van der Waals surface area contributed by atoms with Gasteiger partial charge in [0.1, 0.15) is 16.5 Å². The molecule has 4 N–H and O–H groups in total. The molecule has 42 heavy (non-hydrogen) atoms. The number of carbonyl (C=O) groups excluding carboxylic acids is 1. The molecule has 2 aliphatic heterocycles. The van der Waals surface area contributed by atoms with Crippen molar-refractivity contribution in [3.63, 3.8) is 0 Å². The topological polar surface area (TPSA) is 96.7 Å². The minimum Gasteiger partial charge on any atom is -0.326 e. The van der Waals surface area contributed by atoms with Gasteiger partial charge in [-0.25, -0.2) is 14.3 Å². The number of piperazine rings is 1. The number of hydrogen-bond acceptors (Lipinski definition) is 5. The molecule has 1 unspecified atom stereocenters. The van der Waals surface area contributed by atoms with Crippen LogP contribution in [-0.4, -0.2) is 56.6 Å². The molecule has 2 aliphatic rings. The molecule has 0 spiro atoms. The number of guanidine groups is 1. The summed E-state index contributed by atoms with van der Waals surface area (Å²) in [6.07, 6.45) is -3.33. The van der Waals surface area contributed by atoms with Crippen LogP contribution in [0.15, 0.2) is 59.5 Å². The van der Waals surface area contributed by atoms with Gasteiger partial charge in [-0.1, -0.05) is 29.3 Å². The Kier molecular flexibility index (Phi) is 7.11. The van der Waals surface area contributed by atoms with Gasteiger partial charge in [-0.3, -0.25) is 14.0 Å². The Balaban J connectivity index is 1.26. The van der Waals surface area contributed by atoms with E-state index in [-0.39, 0.29) is 33.2 Å². The summed E-state index contributed by atoms with van der Waals surface area (Å²) in [5.41, 5.74) is 3.36. The molecule has 1 fully saturated rings. The minimum absolute atomic E-state index is 0.154. The van der Waals surface area contributed by atoms with Crippen LogP contribution in [0.3, 0.4) is 0 Å². The first-order chi connectivity index (χ1) is 20.0. The van der Waals surface area contributed by atoms with E-state index in [2.05, 4.69) is 21.0 Å². The molecular formula is C27H22Cl2F4N7O2+. The van der Waals surface area contributed by atoms with E-state index in [1.807, 2.05) is 4.58 Å². The molecule has 1 atom stereocenters. The number of halogens is 6. The fourth-order valence-corrected chi connectivity index (χ4v) is 5.55. The SMILES string of the molecule is O=C(c1cc(Cc2c[nH]c(=O)c3cc(Cl)c(Cl)n23)ccc1F)N1NC(Nc2ccc(C(F)(F)F)cc2)=[N+]2CCNCC12. The van der Waals surface area contributed by atoms with E-state index in [1.54, 1.807) is 0 Å². The maximum absolute atomic E-state index is 15.1. The number of rotatable bonds is 4. The van der Waals surface area contributed by atoms with Crippen LogP contribution in [0.4, 0.5) is 23.2 Å². The fourth-order valence-electron chi connectivity index (χ4n) is 5.11. The van der Waals surface area contributed by atoms with E-state index in [1.165, 1.54) is 52.0 Å². The van der Waals surface area contributed by atoms with E-state index >= 15 is 4.39 Å². The molecule has 218 valence electrons. The summed E-state index contributed by atoms with van der Waals surface area (Å²) in [6, 6.07) is 10.1. The van der Waals surface area contributed by atoms with Gasteiger partial charge in [0, 0.05) is 24.9 Å². The highest BCUT2D eigenvalue weighted by Gasteiger charge is 2.43. The van der Waals surface area contributed by atoms with Crippen LogP contribution >= 0.6 is 23.2 Å². The van der Waals surface area contributed by atoms with Gasteiger partial charge in [0.2, 0.25) is 0 Å². The Morgan fingerprint density at radius 1 is 1.12 bits per heavy atom. The van der Waals surface area contributed by atoms with Crippen molar-refractivity contribution in [3.8, 4) is 0 Å². The number of nitrogens with zero attached hydrogens (tertiary/aromatic N) is 3. The zero-order chi connectivity index (χ0) is 29.8. The Bertz CT molecular complexity index is 1800. The van der Waals surface area contributed by atoms with Gasteiger partial charge in [0.05, 0.1) is 34.9 Å². The lowest BCUT2D eigenvalue weighted by molar-refractivity contribution is -0.578. The molecule has 6 rings (SSSR count). The normalized spacial score (nSPS) is 17.0. The van der Waals surface area contributed by atoms with E-state index in [0.29, 0.717) is 42.5 Å². The molecule has 4 aromatic rings. The van der Waals surface area contributed by atoms with Crippen LogP contribution < -0.4 is 21.6 Å². The number of H-pyrrole nitrogens is 1. The molecule has 9 nitrogen and oxygen atoms in total. The summed E-state index contributed by atoms with van der Waals surface area (Å²) in [5.74, 6) is -1.01. The predicted molar refractivity (Wildman–Crippen MR) is 148 cm³/mol. The number of nitrogens with one attached hydrogen (secondary N) is 4. The Labute approximate surface area is 245 Å². The first-order valence-corrected chi connectivity index (χ1v) is 13.5. The van der Waals surface area contributed by atoms with Crippen LogP contribution in [0.25, 0.3) is 5.52 Å². The van der Waals surface area contributed by atoms with Crippen LogP contribution in [0.2, 0.25) is 10.2 Å². The largest absolute Gasteiger partial charge is 0.416 e. The molecule has 0 bridgehead atoms. The zero-order valence-electron chi connectivity index (χ0n) is 21.5. The molecule has 2 aromatic heterocycles. The Hall–Kier alpha value is -4.07. The highest BCUT2D eigenvalue weighted by atomic mass is 35.5. The summed E-state index contributed by atoms with van der Waals surface area (Å²) in [6.45, 7) is 1.44. The van der Waals surface area contributed by atoms with Crippen molar-refractivity contribution in [1.29, 1.82) is 0 Å². The molecule has 0 radical (unpaired) electrons. The second kappa shape index (κ2) is 10.6. The lowest BCUT2D eigenvalue weighted by Crippen LogP contribution is -2.54. The van der Waals surface area contributed by atoms with Crippen LogP contribution in [0.5, 0.6) is 0 Å². The second-order valence-corrected chi connectivity index (χ2v) is 10.6. The number of alkyl halides is 3. The number of amides is 1. The summed E-state index contributed by atoms with van der Waals surface area (Å²) < 4.78 is 57.4. The maximum Gasteiger partial charge on any atom is 0.416 e. The quantitative estimate of drug-likeness (QED) is 0.203. The third kappa shape index (κ3) is 5.08. The van der Waals surface area contributed by atoms with Gasteiger partial charge in [-0.2, -0.15) is 23.6 Å².